The van der Waals surface area contributed by atoms with Crippen LogP contribution in [0.1, 0.15) is 30.0 Å². The number of rotatable bonds is 4. The van der Waals surface area contributed by atoms with Crippen molar-refractivity contribution in [2.75, 3.05) is 19.7 Å². The summed E-state index contributed by atoms with van der Waals surface area (Å²) >= 11 is 18.5. The Bertz CT molecular complexity index is 777. The molecule has 24 heavy (non-hydrogen) atoms. The maximum Gasteiger partial charge on any atom is 0.344 e. The summed E-state index contributed by atoms with van der Waals surface area (Å²) in [6.45, 7) is 5.31. The van der Waals surface area contributed by atoms with E-state index in [1.54, 1.807) is 19.1 Å². The van der Waals surface area contributed by atoms with E-state index in [1.807, 2.05) is 6.92 Å². The van der Waals surface area contributed by atoms with Crippen LogP contribution in [0.5, 0.6) is 0 Å². The molecule has 1 saturated heterocycles. The van der Waals surface area contributed by atoms with E-state index < -0.39 is 5.97 Å². The van der Waals surface area contributed by atoms with Crippen molar-refractivity contribution in [3.8, 4) is 11.3 Å². The Balaban J connectivity index is 2.20. The molecule has 0 aliphatic carbocycles. The average molecular weight is 390 g/mol. The fraction of sp³-hybridized carbons (Fsp3) is 0.375. The van der Waals surface area contributed by atoms with Crippen molar-refractivity contribution in [1.82, 2.24) is 10.5 Å². The fourth-order valence-electron chi connectivity index (χ4n) is 2.69. The van der Waals surface area contributed by atoms with Crippen molar-refractivity contribution in [2.24, 2.45) is 0 Å². The minimum Gasteiger partial charge on any atom is -0.462 e. The van der Waals surface area contributed by atoms with Crippen LogP contribution < -0.4 is 5.32 Å². The Morgan fingerprint density at radius 2 is 1.96 bits per heavy atom. The summed E-state index contributed by atoms with van der Waals surface area (Å²) in [5, 5.41) is 8.21. The summed E-state index contributed by atoms with van der Waals surface area (Å²) in [7, 11) is 0. The number of nitrogens with zero attached hydrogens (tertiary/aromatic N) is 1. The molecular weight excluding hydrogens is 375 g/mol. The lowest BCUT2D eigenvalue weighted by atomic mass is 9.79. The number of hydrogen-bond acceptors (Lipinski definition) is 5. The number of benzene rings is 1. The Morgan fingerprint density at radius 1 is 1.33 bits per heavy atom. The van der Waals surface area contributed by atoms with Gasteiger partial charge in [-0.05, 0) is 26.0 Å². The molecule has 0 atom stereocenters. The van der Waals surface area contributed by atoms with Gasteiger partial charge < -0.3 is 14.6 Å². The zero-order chi connectivity index (χ0) is 17.5. The van der Waals surface area contributed by atoms with Crippen LogP contribution >= 0.6 is 34.8 Å². The van der Waals surface area contributed by atoms with Crippen LogP contribution in [-0.2, 0) is 10.2 Å². The van der Waals surface area contributed by atoms with Gasteiger partial charge in [0.05, 0.1) is 22.1 Å². The molecule has 0 unspecified atom stereocenters. The maximum atomic E-state index is 12.5. The average Bonchev–Trinajstić information content (AvgIpc) is 2.89. The first-order valence-corrected chi connectivity index (χ1v) is 8.53. The Labute approximate surface area is 154 Å². The molecule has 1 aromatic carbocycles. The first-order chi connectivity index (χ1) is 11.4. The maximum absolute atomic E-state index is 12.5. The SMILES string of the molecule is CCOC(=O)c1c(-c2c(Cl)cc(Cl)cc2Cl)noc1C1(C)CNC1. The summed E-state index contributed by atoms with van der Waals surface area (Å²) in [4.78, 5) is 12.5. The van der Waals surface area contributed by atoms with Gasteiger partial charge in [-0.2, -0.15) is 0 Å². The van der Waals surface area contributed by atoms with Crippen LogP contribution in [0.3, 0.4) is 0 Å². The molecular formula is C16H15Cl3N2O3. The van der Waals surface area contributed by atoms with Crippen molar-refractivity contribution in [1.29, 1.82) is 0 Å². The van der Waals surface area contributed by atoms with Crippen molar-refractivity contribution in [2.45, 2.75) is 19.3 Å². The highest BCUT2D eigenvalue weighted by molar-refractivity contribution is 6.42. The predicted octanol–water partition coefficient (Wildman–Crippen LogP) is 4.34. The van der Waals surface area contributed by atoms with Crippen LogP contribution in [0.25, 0.3) is 11.3 Å². The molecule has 2 heterocycles. The Hall–Kier alpha value is -1.27. The zero-order valence-electron chi connectivity index (χ0n) is 13.1. The molecule has 2 aromatic rings. The Kier molecular flexibility index (Phi) is 4.80. The van der Waals surface area contributed by atoms with Gasteiger partial charge in [0.2, 0.25) is 0 Å². The van der Waals surface area contributed by atoms with Crippen molar-refractivity contribution < 1.29 is 14.1 Å². The van der Waals surface area contributed by atoms with Gasteiger partial charge in [0, 0.05) is 23.7 Å². The molecule has 1 fully saturated rings. The summed E-state index contributed by atoms with van der Waals surface area (Å²) < 4.78 is 10.7. The van der Waals surface area contributed by atoms with Crippen LogP contribution in [0.15, 0.2) is 16.7 Å². The lowest BCUT2D eigenvalue weighted by Crippen LogP contribution is -2.55. The number of nitrogens with one attached hydrogen (secondary N) is 1. The zero-order valence-corrected chi connectivity index (χ0v) is 15.3. The van der Waals surface area contributed by atoms with Crippen LogP contribution in [0.4, 0.5) is 0 Å². The quantitative estimate of drug-likeness (QED) is 0.788. The smallest absolute Gasteiger partial charge is 0.344 e. The van der Waals surface area contributed by atoms with Crippen molar-refractivity contribution in [3.63, 3.8) is 0 Å². The molecule has 8 heteroatoms. The molecule has 1 aromatic heterocycles. The largest absolute Gasteiger partial charge is 0.462 e. The summed E-state index contributed by atoms with van der Waals surface area (Å²) in [6, 6.07) is 3.08. The van der Waals surface area contributed by atoms with Gasteiger partial charge >= 0.3 is 5.97 Å². The van der Waals surface area contributed by atoms with Gasteiger partial charge in [-0.25, -0.2) is 4.79 Å². The van der Waals surface area contributed by atoms with Crippen LogP contribution in [0, 0.1) is 0 Å². The van der Waals surface area contributed by atoms with Gasteiger partial charge in [0.25, 0.3) is 0 Å². The molecule has 0 bridgehead atoms. The molecule has 0 saturated carbocycles. The summed E-state index contributed by atoms with van der Waals surface area (Å²) in [5.41, 5.74) is 0.588. The molecule has 0 spiro atoms. The summed E-state index contributed by atoms with van der Waals surface area (Å²) in [5.74, 6) is -0.0456. The molecule has 3 rings (SSSR count). The highest BCUT2D eigenvalue weighted by Gasteiger charge is 2.43. The molecule has 0 amide bonds. The number of aromatic nitrogens is 1. The Morgan fingerprint density at radius 3 is 2.46 bits per heavy atom. The van der Waals surface area contributed by atoms with E-state index in [9.17, 15) is 4.79 Å². The number of halogens is 3. The second-order valence-corrected chi connectivity index (χ2v) is 7.12. The number of esters is 1. The summed E-state index contributed by atoms with van der Waals surface area (Å²) in [6.07, 6.45) is 0. The molecule has 128 valence electrons. The van der Waals surface area contributed by atoms with Crippen molar-refractivity contribution in [3.05, 3.63) is 38.5 Å². The van der Waals surface area contributed by atoms with E-state index in [2.05, 4.69) is 10.5 Å². The number of ether oxygens (including phenoxy) is 1. The molecule has 1 aliphatic heterocycles. The van der Waals surface area contributed by atoms with Gasteiger partial charge in [0.1, 0.15) is 11.3 Å². The molecule has 1 N–H and O–H groups in total. The number of carbonyl (C=O) groups is 1. The minimum absolute atomic E-state index is 0.236. The molecule has 0 radical (unpaired) electrons. The predicted molar refractivity (Wildman–Crippen MR) is 93.1 cm³/mol. The number of hydrogen-bond donors (Lipinski definition) is 1. The van der Waals surface area contributed by atoms with Crippen LogP contribution in [0.2, 0.25) is 15.1 Å². The monoisotopic (exact) mass is 388 g/mol. The third-order valence-corrected chi connectivity index (χ3v) is 4.81. The second kappa shape index (κ2) is 6.56. The minimum atomic E-state index is -0.515. The van der Waals surface area contributed by atoms with Crippen molar-refractivity contribution >= 4 is 40.8 Å². The third kappa shape index (κ3) is 2.90. The lowest BCUT2D eigenvalue weighted by Gasteiger charge is -2.37. The van der Waals surface area contributed by atoms with E-state index in [-0.39, 0.29) is 33.3 Å². The molecule has 1 aliphatic rings. The van der Waals surface area contributed by atoms with Gasteiger partial charge in [-0.15, -0.1) is 0 Å². The number of carbonyl (C=O) groups excluding carboxylic acids is 1. The third-order valence-electron chi connectivity index (χ3n) is 3.99. The van der Waals surface area contributed by atoms with Gasteiger partial charge in [-0.3, -0.25) is 0 Å². The normalized spacial score (nSPS) is 15.9. The van der Waals surface area contributed by atoms with E-state index in [0.717, 1.165) is 0 Å². The van der Waals surface area contributed by atoms with Crippen LogP contribution in [-0.4, -0.2) is 30.8 Å². The van der Waals surface area contributed by atoms with Gasteiger partial charge in [-0.1, -0.05) is 40.0 Å². The van der Waals surface area contributed by atoms with E-state index in [4.69, 9.17) is 44.1 Å². The second-order valence-electron chi connectivity index (χ2n) is 5.86. The highest BCUT2D eigenvalue weighted by Crippen LogP contribution is 2.42. The van der Waals surface area contributed by atoms with E-state index in [0.29, 0.717) is 29.4 Å². The highest BCUT2D eigenvalue weighted by atomic mass is 35.5. The standard InChI is InChI=1S/C16H15Cl3N2O3/c1-3-23-15(22)12-13(11-9(18)4-8(17)5-10(11)19)21-24-14(12)16(2)6-20-7-16/h4-5,20H,3,6-7H2,1-2H3. The van der Waals surface area contributed by atoms with E-state index in [1.165, 1.54) is 0 Å². The topological polar surface area (TPSA) is 64.4 Å². The first-order valence-electron chi connectivity index (χ1n) is 7.40. The first kappa shape index (κ1) is 17.5. The lowest BCUT2D eigenvalue weighted by molar-refractivity contribution is 0.0519. The fourth-order valence-corrected chi connectivity index (χ4v) is 3.69. The van der Waals surface area contributed by atoms with E-state index >= 15 is 0 Å². The molecule has 5 nitrogen and oxygen atoms in total. The van der Waals surface area contributed by atoms with Gasteiger partial charge in [0.15, 0.2) is 5.76 Å².